The zero-order valence-electron chi connectivity index (χ0n) is 21.0. The molecule has 0 saturated carbocycles. The number of nitrogens with zero attached hydrogens (tertiary/aromatic N) is 3. The van der Waals surface area contributed by atoms with Gasteiger partial charge in [0.15, 0.2) is 6.23 Å². The van der Waals surface area contributed by atoms with E-state index in [0.29, 0.717) is 48.2 Å². The van der Waals surface area contributed by atoms with Crippen LogP contribution in [0.4, 0.5) is 19.3 Å². The molecule has 2 unspecified atom stereocenters. The largest absolute Gasteiger partial charge is 0.494 e. The molecule has 194 valence electrons. The molecule has 10 heteroatoms. The van der Waals surface area contributed by atoms with Crippen molar-refractivity contribution in [3.63, 3.8) is 0 Å². The number of ether oxygens (including phenoxy) is 3. The normalized spacial score (nSPS) is 19.9. The van der Waals surface area contributed by atoms with Gasteiger partial charge in [-0.15, -0.1) is 0 Å². The Hall–Kier alpha value is -3.40. The van der Waals surface area contributed by atoms with Crippen LogP contribution in [0.1, 0.15) is 52.1 Å². The molecule has 0 radical (unpaired) electrons. The fraction of sp³-hybridized carbons (Fsp3) is 0.462. The number of carbonyl (C=O) groups is 1. The van der Waals surface area contributed by atoms with Crippen molar-refractivity contribution in [1.82, 2.24) is 9.88 Å². The Kier molecular flexibility index (Phi) is 7.08. The summed E-state index contributed by atoms with van der Waals surface area (Å²) in [5.41, 5.74) is 0.453. The highest BCUT2D eigenvalue weighted by Crippen LogP contribution is 2.47. The number of hydrogen-bond acceptors (Lipinski definition) is 7. The van der Waals surface area contributed by atoms with Crippen LogP contribution in [0.3, 0.4) is 0 Å². The number of hydrogen-bond donors (Lipinski definition) is 1. The number of rotatable bonds is 5. The molecule has 8 nitrogen and oxygen atoms in total. The van der Waals surface area contributed by atoms with Gasteiger partial charge in [-0.05, 0) is 39.8 Å². The maximum Gasteiger partial charge on any atom is 0.415 e. The summed E-state index contributed by atoms with van der Waals surface area (Å²) < 4.78 is 46.2. The molecule has 1 aromatic heterocycles. The lowest BCUT2D eigenvalue weighted by Crippen LogP contribution is -2.43. The van der Waals surface area contributed by atoms with E-state index in [1.54, 1.807) is 37.9 Å². The van der Waals surface area contributed by atoms with Gasteiger partial charge in [-0.1, -0.05) is 6.07 Å². The van der Waals surface area contributed by atoms with Crippen LogP contribution in [-0.4, -0.2) is 53.2 Å². The number of aliphatic hydroxyl groups excluding tert-OH is 1. The van der Waals surface area contributed by atoms with Crippen molar-refractivity contribution in [2.75, 3.05) is 25.2 Å². The Morgan fingerprint density at radius 3 is 2.56 bits per heavy atom. The summed E-state index contributed by atoms with van der Waals surface area (Å²) in [5, 5.41) is 11.4. The lowest BCUT2D eigenvalue weighted by Gasteiger charge is -2.37. The van der Waals surface area contributed by atoms with Crippen LogP contribution in [0.5, 0.6) is 11.6 Å². The van der Waals surface area contributed by atoms with Crippen molar-refractivity contribution < 1.29 is 32.9 Å². The highest BCUT2D eigenvalue weighted by atomic mass is 19.1. The molecule has 1 aromatic carbocycles. The second-order valence-electron chi connectivity index (χ2n) is 9.62. The molecule has 0 bridgehead atoms. The van der Waals surface area contributed by atoms with Crippen LogP contribution >= 0.6 is 0 Å². The van der Waals surface area contributed by atoms with Gasteiger partial charge < -0.3 is 24.2 Å². The first kappa shape index (κ1) is 25.7. The summed E-state index contributed by atoms with van der Waals surface area (Å²) in [6.45, 7) is 7.74. The van der Waals surface area contributed by atoms with Crippen LogP contribution in [0.2, 0.25) is 0 Å². The predicted octanol–water partition coefficient (Wildman–Crippen LogP) is 4.93. The van der Waals surface area contributed by atoms with Crippen molar-refractivity contribution in [2.24, 2.45) is 0 Å². The molecule has 1 amide bonds. The second kappa shape index (κ2) is 9.93. The minimum Gasteiger partial charge on any atom is -0.494 e. The molecule has 0 fully saturated rings. The average Bonchev–Trinajstić information content (AvgIpc) is 3.19. The third-order valence-electron chi connectivity index (χ3n) is 6.15. The fourth-order valence-electron chi connectivity index (χ4n) is 4.71. The maximum absolute atomic E-state index is 14.8. The number of aliphatic hydroxyl groups is 1. The van der Waals surface area contributed by atoms with Crippen molar-refractivity contribution in [3.05, 3.63) is 58.9 Å². The molecule has 1 N–H and O–H groups in total. The molecule has 3 heterocycles. The number of aromatic nitrogens is 1. The van der Waals surface area contributed by atoms with Gasteiger partial charge in [0, 0.05) is 42.3 Å². The van der Waals surface area contributed by atoms with Gasteiger partial charge in [0.1, 0.15) is 28.7 Å². The molecule has 2 aromatic rings. The van der Waals surface area contributed by atoms with Crippen molar-refractivity contribution >= 4 is 11.8 Å². The maximum atomic E-state index is 14.8. The van der Waals surface area contributed by atoms with Gasteiger partial charge in [-0.25, -0.2) is 18.6 Å². The number of carbonyl (C=O) groups excluding carboxylic acids is 1. The molecule has 0 aliphatic carbocycles. The lowest BCUT2D eigenvalue weighted by molar-refractivity contribution is 0.0252. The Bertz CT molecular complexity index is 1160. The third kappa shape index (κ3) is 4.82. The van der Waals surface area contributed by atoms with Crippen LogP contribution in [-0.2, 0) is 4.74 Å². The smallest absolute Gasteiger partial charge is 0.415 e. The fourth-order valence-corrected chi connectivity index (χ4v) is 4.71. The SMILES string of the molecule is CCOc1cc(OC)c(N2CCC3=C(CC(c4c(F)cccc4F)N3C(=O)OC(C)(C)C)C2O)cn1. The number of pyridine rings is 1. The van der Waals surface area contributed by atoms with Crippen LogP contribution < -0.4 is 14.4 Å². The molecule has 4 rings (SSSR count). The van der Waals surface area contributed by atoms with Gasteiger partial charge in [0.25, 0.3) is 0 Å². The minimum atomic E-state index is -1.17. The van der Waals surface area contributed by atoms with Gasteiger partial charge in [-0.2, -0.15) is 0 Å². The van der Waals surface area contributed by atoms with E-state index >= 15 is 0 Å². The molecule has 36 heavy (non-hydrogen) atoms. The van der Waals surface area contributed by atoms with Crippen molar-refractivity contribution in [1.29, 1.82) is 0 Å². The molecule has 2 aliphatic rings. The van der Waals surface area contributed by atoms with Gasteiger partial charge >= 0.3 is 6.09 Å². The number of amides is 1. The summed E-state index contributed by atoms with van der Waals surface area (Å²) in [6, 6.07) is 4.22. The number of benzene rings is 1. The quantitative estimate of drug-likeness (QED) is 0.619. The van der Waals surface area contributed by atoms with E-state index in [4.69, 9.17) is 14.2 Å². The summed E-state index contributed by atoms with van der Waals surface area (Å²) in [4.78, 5) is 20.5. The second-order valence-corrected chi connectivity index (χ2v) is 9.62. The summed E-state index contributed by atoms with van der Waals surface area (Å²) in [7, 11) is 1.51. The van der Waals surface area contributed by atoms with Crippen molar-refractivity contribution in [2.45, 2.75) is 58.4 Å². The first-order chi connectivity index (χ1) is 17.1. The zero-order chi connectivity index (χ0) is 26.2. The van der Waals surface area contributed by atoms with E-state index in [1.807, 2.05) is 6.92 Å². The van der Waals surface area contributed by atoms with Gasteiger partial charge in [0.05, 0.1) is 26.0 Å². The topological polar surface area (TPSA) is 84.4 Å². The lowest BCUT2D eigenvalue weighted by atomic mass is 9.98. The first-order valence-corrected chi connectivity index (χ1v) is 11.8. The predicted molar refractivity (Wildman–Crippen MR) is 129 cm³/mol. The number of anilines is 1. The van der Waals surface area contributed by atoms with E-state index < -0.39 is 35.6 Å². The summed E-state index contributed by atoms with van der Waals surface area (Å²) in [5.74, 6) is -0.693. The third-order valence-corrected chi connectivity index (χ3v) is 6.15. The molecular formula is C26H31F2N3O5. The monoisotopic (exact) mass is 503 g/mol. The Morgan fingerprint density at radius 1 is 1.25 bits per heavy atom. The highest BCUT2D eigenvalue weighted by Gasteiger charge is 2.46. The highest BCUT2D eigenvalue weighted by molar-refractivity contribution is 5.73. The molecule has 0 saturated heterocycles. The van der Waals surface area contributed by atoms with E-state index in [1.165, 1.54) is 18.1 Å². The molecular weight excluding hydrogens is 472 g/mol. The zero-order valence-corrected chi connectivity index (χ0v) is 21.0. The van der Waals surface area contributed by atoms with Crippen molar-refractivity contribution in [3.8, 4) is 11.6 Å². The molecule has 0 spiro atoms. The van der Waals surface area contributed by atoms with E-state index in [9.17, 15) is 18.7 Å². The summed E-state index contributed by atoms with van der Waals surface area (Å²) in [6.07, 6.45) is 0.0202. The standard InChI is InChI=1S/C26H31F2N3O5/c1-6-35-22-13-21(34-5)20(14-29-22)30-11-10-18-15(24(30)32)12-19(23-16(27)8-7-9-17(23)28)31(18)25(33)36-26(2,3)4/h7-9,13-14,19,24,32H,6,10-12H2,1-5H3. The van der Waals surface area contributed by atoms with Crippen LogP contribution in [0, 0.1) is 11.6 Å². The van der Waals surface area contributed by atoms with Crippen LogP contribution in [0.15, 0.2) is 41.7 Å². The first-order valence-electron chi connectivity index (χ1n) is 11.8. The Labute approximate surface area is 209 Å². The molecule has 2 atom stereocenters. The Morgan fingerprint density at radius 2 is 1.94 bits per heavy atom. The van der Waals surface area contributed by atoms with E-state index in [2.05, 4.69) is 4.98 Å². The van der Waals surface area contributed by atoms with E-state index in [0.717, 1.165) is 12.1 Å². The Balaban J connectivity index is 1.73. The average molecular weight is 504 g/mol. The van der Waals surface area contributed by atoms with Gasteiger partial charge in [-0.3, -0.25) is 4.90 Å². The van der Waals surface area contributed by atoms with Gasteiger partial charge in [0.2, 0.25) is 5.88 Å². The van der Waals surface area contributed by atoms with Crippen LogP contribution in [0.25, 0.3) is 0 Å². The number of methoxy groups -OCH3 is 1. The summed E-state index contributed by atoms with van der Waals surface area (Å²) >= 11 is 0. The number of halogens is 2. The molecule has 2 aliphatic heterocycles. The minimum absolute atomic E-state index is 0.0386. The van der Waals surface area contributed by atoms with E-state index in [-0.39, 0.29) is 12.0 Å².